The first-order valence-electron chi connectivity index (χ1n) is 9.29. The molecule has 0 saturated carbocycles. The number of aromatic nitrogens is 4. The quantitative estimate of drug-likeness (QED) is 0.305. The zero-order valence-electron chi connectivity index (χ0n) is 15.6. The van der Waals surface area contributed by atoms with Gasteiger partial charge in [0.25, 0.3) is 0 Å². The lowest BCUT2D eigenvalue weighted by molar-refractivity contribution is 0.628. The van der Waals surface area contributed by atoms with Gasteiger partial charge in [-0.15, -0.1) is 0 Å². The van der Waals surface area contributed by atoms with Crippen molar-refractivity contribution in [1.82, 2.24) is 19.9 Å². The number of hydrogen-bond acceptors (Lipinski definition) is 3. The van der Waals surface area contributed by atoms with E-state index in [9.17, 15) is 4.39 Å². The molecule has 1 atom stereocenters. The van der Waals surface area contributed by atoms with E-state index in [0.29, 0.717) is 16.7 Å². The van der Waals surface area contributed by atoms with Crippen molar-refractivity contribution in [2.45, 2.75) is 4.75 Å². The van der Waals surface area contributed by atoms with Gasteiger partial charge in [-0.05, 0) is 59.7 Å². The van der Waals surface area contributed by atoms with E-state index < -0.39 is 4.75 Å². The fourth-order valence-corrected chi connectivity index (χ4v) is 3.98. The number of thiol groups is 1. The molecule has 0 saturated heterocycles. The lowest BCUT2D eigenvalue weighted by Gasteiger charge is -2.25. The van der Waals surface area contributed by atoms with Crippen LogP contribution in [-0.4, -0.2) is 19.9 Å². The summed E-state index contributed by atoms with van der Waals surface area (Å²) in [7, 11) is 0. The predicted octanol–water partition coefficient (Wildman–Crippen LogP) is 5.97. The number of H-pyrrole nitrogens is 2. The topological polar surface area (TPSA) is 57.4 Å². The second-order valence-electron chi connectivity index (χ2n) is 6.97. The van der Waals surface area contributed by atoms with Crippen molar-refractivity contribution in [1.29, 1.82) is 0 Å². The van der Waals surface area contributed by atoms with Gasteiger partial charge in [-0.25, -0.2) is 14.4 Å². The Morgan fingerprint density at radius 1 is 0.867 bits per heavy atom. The maximum atomic E-state index is 13.3. The minimum atomic E-state index is -0.984. The van der Waals surface area contributed by atoms with E-state index in [1.165, 1.54) is 12.1 Å². The third-order valence-corrected chi connectivity index (χ3v) is 6.00. The van der Waals surface area contributed by atoms with E-state index in [2.05, 4.69) is 15.0 Å². The van der Waals surface area contributed by atoms with Crippen LogP contribution < -0.4 is 0 Å². The molecule has 0 fully saturated rings. The number of fused-ring (bicyclic) bond motifs is 1. The van der Waals surface area contributed by atoms with Crippen molar-refractivity contribution < 1.29 is 4.39 Å². The molecule has 2 heterocycles. The highest BCUT2D eigenvalue weighted by atomic mass is 35.5. The van der Waals surface area contributed by atoms with E-state index in [-0.39, 0.29) is 5.82 Å². The monoisotopic (exact) mass is 434 g/mol. The Morgan fingerprint density at radius 3 is 2.33 bits per heavy atom. The molecule has 148 valence electrons. The van der Waals surface area contributed by atoms with E-state index in [0.717, 1.165) is 27.9 Å². The molecule has 4 nitrogen and oxygen atoms in total. The zero-order chi connectivity index (χ0) is 20.7. The molecule has 30 heavy (non-hydrogen) atoms. The molecule has 0 aliphatic rings. The summed E-state index contributed by atoms with van der Waals surface area (Å²) in [6.07, 6.45) is 1.71. The summed E-state index contributed by atoms with van der Waals surface area (Å²) in [6.45, 7) is 0. The van der Waals surface area contributed by atoms with Gasteiger partial charge in [-0.3, -0.25) is 0 Å². The molecular formula is C23H16ClFN4S. The van der Waals surface area contributed by atoms with Gasteiger partial charge in [0.15, 0.2) is 4.75 Å². The summed E-state index contributed by atoms with van der Waals surface area (Å²) >= 11 is 11.2. The lowest BCUT2D eigenvalue weighted by Crippen LogP contribution is -2.25. The minimum Gasteiger partial charge on any atom is -0.340 e. The number of hydrogen-bond donors (Lipinski definition) is 3. The van der Waals surface area contributed by atoms with Crippen molar-refractivity contribution in [3.63, 3.8) is 0 Å². The minimum absolute atomic E-state index is 0.287. The van der Waals surface area contributed by atoms with Crippen LogP contribution in [0.25, 0.3) is 22.3 Å². The Hall–Kier alpha value is -3.09. The average molecular weight is 435 g/mol. The van der Waals surface area contributed by atoms with E-state index in [1.807, 2.05) is 48.5 Å². The number of halogens is 2. The van der Waals surface area contributed by atoms with Crippen LogP contribution in [0.2, 0.25) is 5.02 Å². The smallest absolute Gasteiger partial charge is 0.153 e. The van der Waals surface area contributed by atoms with Crippen LogP contribution in [0.3, 0.4) is 0 Å². The molecule has 0 spiro atoms. The molecule has 0 amide bonds. The highest BCUT2D eigenvalue weighted by Gasteiger charge is 2.38. The van der Waals surface area contributed by atoms with E-state index in [4.69, 9.17) is 29.2 Å². The number of aromatic amines is 2. The van der Waals surface area contributed by atoms with Crippen molar-refractivity contribution >= 4 is 35.3 Å². The van der Waals surface area contributed by atoms with Crippen LogP contribution in [0, 0.1) is 5.82 Å². The van der Waals surface area contributed by atoms with Crippen molar-refractivity contribution in [2.24, 2.45) is 0 Å². The zero-order valence-corrected chi connectivity index (χ0v) is 17.3. The third kappa shape index (κ3) is 3.18. The van der Waals surface area contributed by atoms with E-state index in [1.54, 1.807) is 18.3 Å². The summed E-state index contributed by atoms with van der Waals surface area (Å²) in [5.74, 6) is 0.936. The molecule has 1 unspecified atom stereocenters. The number of nitrogens with one attached hydrogen (secondary N) is 2. The number of nitrogens with zero attached hydrogens (tertiary/aromatic N) is 2. The second kappa shape index (κ2) is 7.31. The Kier molecular flexibility index (Phi) is 4.60. The number of imidazole rings is 2. The largest absolute Gasteiger partial charge is 0.340 e. The Balaban J connectivity index is 1.68. The summed E-state index contributed by atoms with van der Waals surface area (Å²) in [6, 6.07) is 21.5. The van der Waals surface area contributed by atoms with E-state index >= 15 is 0 Å². The molecule has 5 rings (SSSR count). The van der Waals surface area contributed by atoms with Crippen LogP contribution >= 0.6 is 24.2 Å². The Labute approximate surface area is 182 Å². The maximum Gasteiger partial charge on any atom is 0.153 e. The molecular weight excluding hydrogens is 419 g/mol. The molecule has 0 bridgehead atoms. The normalized spacial score (nSPS) is 13.4. The SMILES string of the molecule is Fc1ccc(-c2cnc(C(S)(c3ccc(Cl)cc3)c3nc4ccccc4[nH]3)[nH]2)cc1. The van der Waals surface area contributed by atoms with Crippen LogP contribution in [0.1, 0.15) is 17.2 Å². The van der Waals surface area contributed by atoms with Crippen LogP contribution in [0.4, 0.5) is 4.39 Å². The summed E-state index contributed by atoms with van der Waals surface area (Å²) < 4.78 is 12.3. The van der Waals surface area contributed by atoms with Gasteiger partial charge in [0.1, 0.15) is 17.5 Å². The standard InChI is InChI=1S/C23H16ClFN4S/c24-16-9-7-15(8-10-16)23(30,22-27-18-3-1-2-4-19(18)28-22)21-26-13-20(29-21)14-5-11-17(25)12-6-14/h1-13,30H,(H,26,29)(H,27,28). The predicted molar refractivity (Wildman–Crippen MR) is 120 cm³/mol. The second-order valence-corrected chi connectivity index (χ2v) is 8.08. The number of rotatable bonds is 4. The lowest BCUT2D eigenvalue weighted by atomic mass is 9.96. The maximum absolute atomic E-state index is 13.3. The van der Waals surface area contributed by atoms with Crippen molar-refractivity contribution in [3.05, 3.63) is 107 Å². The van der Waals surface area contributed by atoms with Crippen LogP contribution in [0.5, 0.6) is 0 Å². The van der Waals surface area contributed by atoms with Crippen molar-refractivity contribution in [2.75, 3.05) is 0 Å². The molecule has 0 aliphatic carbocycles. The summed E-state index contributed by atoms with van der Waals surface area (Å²) in [4.78, 5) is 16.1. The fraction of sp³-hybridized carbons (Fsp3) is 0.0435. The molecule has 7 heteroatoms. The molecule has 2 N–H and O–H groups in total. The highest BCUT2D eigenvalue weighted by Crippen LogP contribution is 2.41. The fourth-order valence-electron chi connectivity index (χ4n) is 3.48. The van der Waals surface area contributed by atoms with Gasteiger partial charge >= 0.3 is 0 Å². The van der Waals surface area contributed by atoms with Gasteiger partial charge < -0.3 is 9.97 Å². The highest BCUT2D eigenvalue weighted by molar-refractivity contribution is 7.81. The third-order valence-electron chi connectivity index (χ3n) is 5.07. The molecule has 2 aromatic heterocycles. The Bertz CT molecular complexity index is 1290. The first-order chi connectivity index (χ1) is 14.5. The van der Waals surface area contributed by atoms with Crippen LogP contribution in [-0.2, 0) is 4.75 Å². The van der Waals surface area contributed by atoms with Gasteiger partial charge in [0, 0.05) is 5.02 Å². The van der Waals surface area contributed by atoms with Gasteiger partial charge in [0.05, 0.1) is 22.9 Å². The first kappa shape index (κ1) is 18.9. The summed E-state index contributed by atoms with van der Waals surface area (Å²) in [5.41, 5.74) is 4.18. The average Bonchev–Trinajstić information content (AvgIpc) is 3.42. The molecule has 3 aromatic carbocycles. The number of para-hydroxylation sites is 2. The molecule has 0 aliphatic heterocycles. The van der Waals surface area contributed by atoms with Crippen LogP contribution in [0.15, 0.2) is 79.0 Å². The van der Waals surface area contributed by atoms with Gasteiger partial charge in [-0.2, -0.15) is 12.6 Å². The van der Waals surface area contributed by atoms with Gasteiger partial charge in [-0.1, -0.05) is 35.9 Å². The number of benzene rings is 3. The Morgan fingerprint density at radius 2 is 1.60 bits per heavy atom. The van der Waals surface area contributed by atoms with Gasteiger partial charge in [0.2, 0.25) is 0 Å². The first-order valence-corrected chi connectivity index (χ1v) is 10.1. The summed E-state index contributed by atoms with van der Waals surface area (Å²) in [5, 5.41) is 0.630. The molecule has 0 radical (unpaired) electrons. The van der Waals surface area contributed by atoms with Crippen molar-refractivity contribution in [3.8, 4) is 11.3 Å². The molecule has 5 aromatic rings.